The van der Waals surface area contributed by atoms with Crippen LogP contribution in [0.5, 0.6) is 0 Å². The van der Waals surface area contributed by atoms with Gasteiger partial charge in [0.05, 0.1) is 0 Å². The zero-order valence-electron chi connectivity index (χ0n) is 16.3. The highest BCUT2D eigenvalue weighted by Crippen LogP contribution is 2.50. The number of carboxylic acid groups (broad SMARTS) is 1. The number of carbonyl (C=O) groups excluding carboxylic acids is 2. The summed E-state index contributed by atoms with van der Waals surface area (Å²) in [6.07, 6.45) is 0.319. The van der Waals surface area contributed by atoms with E-state index in [0.29, 0.717) is 19.4 Å². The molecule has 0 aromatic heterocycles. The van der Waals surface area contributed by atoms with E-state index in [2.05, 4.69) is 17.4 Å². The van der Waals surface area contributed by atoms with E-state index in [1.165, 1.54) is 4.90 Å². The molecule has 2 saturated heterocycles. The van der Waals surface area contributed by atoms with Crippen LogP contribution in [0.15, 0.2) is 48.5 Å². The van der Waals surface area contributed by atoms with E-state index in [0.717, 1.165) is 22.3 Å². The van der Waals surface area contributed by atoms with Crippen molar-refractivity contribution in [1.29, 1.82) is 0 Å². The molecule has 2 aromatic carbocycles. The lowest BCUT2D eigenvalue weighted by Gasteiger charge is -2.37. The summed E-state index contributed by atoms with van der Waals surface area (Å²) >= 11 is 0. The molecule has 2 amide bonds. The number of rotatable bonds is 5. The van der Waals surface area contributed by atoms with Crippen LogP contribution in [0.1, 0.15) is 29.9 Å². The molecule has 0 radical (unpaired) electrons. The second-order valence-corrected chi connectivity index (χ2v) is 8.29. The third-order valence-corrected chi connectivity index (χ3v) is 6.64. The maximum Gasteiger partial charge on any atom is 0.407 e. The molecular weight excluding hydrogens is 384 g/mol. The topological polar surface area (TPSA) is 95.9 Å². The Balaban J connectivity index is 1.19. The highest BCUT2D eigenvalue weighted by Gasteiger charge is 2.62. The number of carboxylic acids is 1. The van der Waals surface area contributed by atoms with Crippen LogP contribution in [0.3, 0.4) is 0 Å². The van der Waals surface area contributed by atoms with E-state index in [1.54, 1.807) is 0 Å². The summed E-state index contributed by atoms with van der Waals surface area (Å²) < 4.78 is 5.43. The molecule has 154 valence electrons. The van der Waals surface area contributed by atoms with Crippen molar-refractivity contribution in [3.8, 4) is 11.1 Å². The molecule has 2 aliphatic heterocycles. The fraction of sp³-hybridized carbons (Fsp3) is 0.348. The Kier molecular flexibility index (Phi) is 4.27. The Hall–Kier alpha value is -3.35. The van der Waals surface area contributed by atoms with Gasteiger partial charge < -0.3 is 20.1 Å². The van der Waals surface area contributed by atoms with Gasteiger partial charge in [-0.1, -0.05) is 48.5 Å². The van der Waals surface area contributed by atoms with Crippen molar-refractivity contribution >= 4 is 18.0 Å². The second kappa shape index (κ2) is 6.86. The van der Waals surface area contributed by atoms with Crippen molar-refractivity contribution in [2.24, 2.45) is 5.92 Å². The molecule has 0 spiro atoms. The summed E-state index contributed by atoms with van der Waals surface area (Å²) in [6.45, 7) is 0.342. The quantitative estimate of drug-likeness (QED) is 0.796. The number of benzene rings is 2. The van der Waals surface area contributed by atoms with Crippen LogP contribution in [0.25, 0.3) is 11.1 Å². The van der Waals surface area contributed by atoms with E-state index in [4.69, 9.17) is 4.74 Å². The molecule has 4 aliphatic rings. The first-order chi connectivity index (χ1) is 14.5. The number of fused-ring (bicyclic) bond motifs is 4. The lowest BCUT2D eigenvalue weighted by atomic mass is 9.73. The first kappa shape index (κ1) is 18.7. The molecular formula is C23H22N2O5. The van der Waals surface area contributed by atoms with Gasteiger partial charge in [0.25, 0.3) is 0 Å². The van der Waals surface area contributed by atoms with Gasteiger partial charge in [-0.05, 0) is 41.0 Å². The normalized spacial score (nSPS) is 23.3. The van der Waals surface area contributed by atoms with Crippen molar-refractivity contribution in [3.63, 3.8) is 0 Å². The lowest BCUT2D eigenvalue weighted by molar-refractivity contribution is -0.158. The molecule has 0 unspecified atom stereocenters. The number of nitrogens with zero attached hydrogens (tertiary/aromatic N) is 1. The van der Waals surface area contributed by atoms with Gasteiger partial charge >= 0.3 is 12.1 Å². The first-order valence-corrected chi connectivity index (χ1v) is 10.1. The standard InChI is InChI=1S/C23H22N2O5/c26-20(25-12-14-9-23(25,10-14)21(27)28)11-24-22(29)30-13-19-17-7-3-1-5-15(17)16-6-2-4-8-18(16)19/h1-8,14,19H,9-13H2,(H,24,29)(H,27,28). The molecule has 2 bridgehead atoms. The average molecular weight is 406 g/mol. The van der Waals surface area contributed by atoms with Gasteiger partial charge in [-0.15, -0.1) is 0 Å². The van der Waals surface area contributed by atoms with Crippen molar-refractivity contribution < 1.29 is 24.2 Å². The van der Waals surface area contributed by atoms with Gasteiger partial charge in [-0.25, -0.2) is 9.59 Å². The Bertz CT molecular complexity index is 998. The Morgan fingerprint density at radius 1 is 1.03 bits per heavy atom. The van der Waals surface area contributed by atoms with E-state index in [-0.39, 0.29) is 30.9 Å². The fourth-order valence-electron chi connectivity index (χ4n) is 5.20. The van der Waals surface area contributed by atoms with Crippen LogP contribution in [0.2, 0.25) is 0 Å². The van der Waals surface area contributed by atoms with E-state index < -0.39 is 17.6 Å². The molecule has 7 nitrogen and oxygen atoms in total. The van der Waals surface area contributed by atoms with Gasteiger partial charge in [-0.2, -0.15) is 0 Å². The Morgan fingerprint density at radius 2 is 1.63 bits per heavy atom. The molecule has 2 heterocycles. The number of ether oxygens (including phenoxy) is 1. The van der Waals surface area contributed by atoms with Gasteiger partial charge in [0, 0.05) is 12.5 Å². The summed E-state index contributed by atoms with van der Waals surface area (Å²) in [5, 5.41) is 11.9. The van der Waals surface area contributed by atoms with E-state index >= 15 is 0 Å². The predicted molar refractivity (Wildman–Crippen MR) is 108 cm³/mol. The zero-order chi connectivity index (χ0) is 20.9. The highest BCUT2D eigenvalue weighted by atomic mass is 16.5. The molecule has 3 fully saturated rings. The van der Waals surface area contributed by atoms with Gasteiger partial charge in [0.2, 0.25) is 5.91 Å². The molecule has 7 heteroatoms. The van der Waals surface area contributed by atoms with Gasteiger partial charge in [0.1, 0.15) is 18.7 Å². The second-order valence-electron chi connectivity index (χ2n) is 8.29. The third-order valence-electron chi connectivity index (χ3n) is 6.64. The summed E-state index contributed by atoms with van der Waals surface area (Å²) in [6, 6.07) is 16.1. The van der Waals surface area contributed by atoms with Crippen molar-refractivity contribution in [3.05, 3.63) is 59.7 Å². The molecule has 30 heavy (non-hydrogen) atoms. The third kappa shape index (κ3) is 2.76. The van der Waals surface area contributed by atoms with Crippen LogP contribution in [-0.2, 0) is 14.3 Å². The van der Waals surface area contributed by atoms with Gasteiger partial charge in [0.15, 0.2) is 0 Å². The number of hydrogen-bond donors (Lipinski definition) is 2. The number of alkyl carbamates (subject to hydrolysis) is 1. The maximum atomic E-state index is 12.5. The van der Waals surface area contributed by atoms with Crippen LogP contribution in [-0.4, -0.2) is 53.2 Å². The van der Waals surface area contributed by atoms with Crippen molar-refractivity contribution in [2.75, 3.05) is 19.7 Å². The summed E-state index contributed by atoms with van der Waals surface area (Å²) in [7, 11) is 0. The summed E-state index contributed by atoms with van der Waals surface area (Å²) in [5.41, 5.74) is 3.43. The minimum atomic E-state index is -1.08. The van der Waals surface area contributed by atoms with Crippen LogP contribution in [0.4, 0.5) is 4.79 Å². The minimum absolute atomic E-state index is 0.0556. The first-order valence-electron chi connectivity index (χ1n) is 10.1. The Labute approximate surface area is 173 Å². The number of carbonyl (C=O) groups is 3. The molecule has 6 rings (SSSR count). The minimum Gasteiger partial charge on any atom is -0.479 e. The van der Waals surface area contributed by atoms with E-state index in [9.17, 15) is 19.5 Å². The van der Waals surface area contributed by atoms with Crippen molar-refractivity contribution in [2.45, 2.75) is 24.3 Å². The predicted octanol–water partition coefficient (Wildman–Crippen LogP) is 2.60. The van der Waals surface area contributed by atoms with Crippen LogP contribution in [0, 0.1) is 5.92 Å². The molecule has 2 N–H and O–H groups in total. The molecule has 0 atom stereocenters. The lowest BCUT2D eigenvalue weighted by Crippen LogP contribution is -2.56. The van der Waals surface area contributed by atoms with E-state index in [1.807, 2.05) is 36.4 Å². The SMILES string of the molecule is O=C(NCC(=O)N1CC2CC1(C(=O)O)C2)OCC1c2ccccc2-c2ccccc21. The monoisotopic (exact) mass is 406 g/mol. The number of amides is 2. The molecule has 2 aromatic rings. The van der Waals surface area contributed by atoms with Gasteiger partial charge in [-0.3, -0.25) is 4.79 Å². The molecule has 1 saturated carbocycles. The number of hydrogen-bond acceptors (Lipinski definition) is 4. The smallest absolute Gasteiger partial charge is 0.407 e. The van der Waals surface area contributed by atoms with Crippen LogP contribution >= 0.6 is 0 Å². The summed E-state index contributed by atoms with van der Waals surface area (Å²) in [4.78, 5) is 37.7. The highest BCUT2D eigenvalue weighted by molar-refractivity contribution is 5.91. The number of aliphatic carboxylic acids is 1. The number of nitrogens with one attached hydrogen (secondary N) is 1. The fourth-order valence-corrected chi connectivity index (χ4v) is 5.20. The Morgan fingerprint density at radius 3 is 2.23 bits per heavy atom. The average Bonchev–Trinajstić information content (AvgIpc) is 3.39. The largest absolute Gasteiger partial charge is 0.479 e. The van der Waals surface area contributed by atoms with Crippen LogP contribution < -0.4 is 5.32 Å². The summed E-state index contributed by atoms with van der Waals surface area (Å²) in [5.74, 6) is -1.16. The van der Waals surface area contributed by atoms with Crippen molar-refractivity contribution in [1.82, 2.24) is 10.2 Å². The zero-order valence-corrected chi connectivity index (χ0v) is 16.3. The molecule has 2 aliphatic carbocycles. The maximum absolute atomic E-state index is 12.5.